The molecule has 2 aromatic carbocycles. The molecule has 1 aliphatic rings. The molecule has 0 bridgehead atoms. The molecule has 1 heterocycles. The zero-order valence-electron chi connectivity index (χ0n) is 13.7. The second kappa shape index (κ2) is 6.72. The molecule has 0 aromatic heterocycles. The minimum Gasteiger partial charge on any atom is -0.478 e. The molecule has 0 spiro atoms. The first-order valence-corrected chi connectivity index (χ1v) is 8.81. The topological polar surface area (TPSA) is 46.5 Å². The molecule has 1 aliphatic heterocycles. The van der Waals surface area contributed by atoms with Crippen LogP contribution < -0.4 is 4.74 Å². The molecule has 3 nitrogen and oxygen atoms in total. The highest BCUT2D eigenvalue weighted by Gasteiger charge is 2.64. The van der Waals surface area contributed by atoms with E-state index in [0.717, 1.165) is 16.7 Å². The van der Waals surface area contributed by atoms with Gasteiger partial charge >= 0.3 is 12.1 Å². The van der Waals surface area contributed by atoms with Gasteiger partial charge in [0.1, 0.15) is 5.75 Å². The van der Waals surface area contributed by atoms with Crippen molar-refractivity contribution >= 4 is 23.8 Å². The van der Waals surface area contributed by atoms with Crippen LogP contribution in [-0.2, 0) is 10.4 Å². The summed E-state index contributed by atoms with van der Waals surface area (Å²) in [5, 5.41) is 9.51. The van der Waals surface area contributed by atoms with E-state index in [4.69, 9.17) is 4.74 Å². The summed E-state index contributed by atoms with van der Waals surface area (Å²) in [6.07, 6.45) is -3.94. The first-order valence-electron chi connectivity index (χ1n) is 7.83. The third-order valence-corrected chi connectivity index (χ3v) is 4.96. The number of aliphatic carboxylic acids is 1. The summed E-state index contributed by atoms with van der Waals surface area (Å²) in [7, 11) is 0. The molecule has 0 fully saturated rings. The van der Waals surface area contributed by atoms with Crippen LogP contribution in [0.4, 0.5) is 13.2 Å². The molecule has 26 heavy (non-hydrogen) atoms. The van der Waals surface area contributed by atoms with E-state index in [0.29, 0.717) is 5.56 Å². The van der Waals surface area contributed by atoms with Crippen molar-refractivity contribution in [3.63, 3.8) is 0 Å². The van der Waals surface area contributed by atoms with Gasteiger partial charge < -0.3 is 9.84 Å². The van der Waals surface area contributed by atoms with Gasteiger partial charge in [-0.05, 0) is 30.0 Å². The van der Waals surface area contributed by atoms with E-state index < -0.39 is 23.3 Å². The summed E-state index contributed by atoms with van der Waals surface area (Å²) in [5.41, 5.74) is -3.90. The van der Waals surface area contributed by atoms with E-state index in [1.807, 2.05) is 6.92 Å². The Morgan fingerprint density at radius 3 is 2.38 bits per heavy atom. The largest absolute Gasteiger partial charge is 0.478 e. The fourth-order valence-corrected chi connectivity index (χ4v) is 3.59. The normalized spacial score (nSPS) is 19.3. The maximum atomic E-state index is 14.2. The molecule has 0 aliphatic carbocycles. The minimum atomic E-state index is -4.97. The number of hydrogen-bond acceptors (Lipinski definition) is 3. The van der Waals surface area contributed by atoms with Crippen LogP contribution in [0, 0.1) is 0 Å². The van der Waals surface area contributed by atoms with Gasteiger partial charge in [0.25, 0.3) is 5.60 Å². The van der Waals surface area contributed by atoms with Gasteiger partial charge in [-0.3, -0.25) is 0 Å². The van der Waals surface area contributed by atoms with E-state index >= 15 is 0 Å². The number of hydrogen-bond donors (Lipinski definition) is 1. The zero-order valence-corrected chi connectivity index (χ0v) is 14.5. The highest BCUT2D eigenvalue weighted by molar-refractivity contribution is 7.99. The van der Waals surface area contributed by atoms with Gasteiger partial charge in [-0.25, -0.2) is 4.79 Å². The molecule has 7 heteroatoms. The number of fused-ring (bicyclic) bond motifs is 1. The van der Waals surface area contributed by atoms with Gasteiger partial charge in [0.15, 0.2) is 0 Å². The highest BCUT2D eigenvalue weighted by atomic mass is 32.2. The molecule has 0 radical (unpaired) electrons. The molecular formula is C19H15F3O3S. The number of thioether (sulfide) groups is 1. The van der Waals surface area contributed by atoms with Crippen LogP contribution in [0.25, 0.3) is 6.08 Å². The summed E-state index contributed by atoms with van der Waals surface area (Å²) in [5.74, 6) is -0.917. The lowest BCUT2D eigenvalue weighted by molar-refractivity contribution is -0.240. The maximum Gasteiger partial charge on any atom is 0.437 e. The summed E-state index contributed by atoms with van der Waals surface area (Å²) in [6.45, 7) is 1.93. The molecule has 1 unspecified atom stereocenters. The third kappa shape index (κ3) is 2.96. The Labute approximate surface area is 152 Å². The fourth-order valence-electron chi connectivity index (χ4n) is 2.92. The summed E-state index contributed by atoms with van der Waals surface area (Å²) >= 11 is 1.48. The highest BCUT2D eigenvalue weighted by Crippen LogP contribution is 2.51. The predicted octanol–water partition coefficient (Wildman–Crippen LogP) is 5.12. The number of benzene rings is 2. The Morgan fingerprint density at radius 1 is 1.15 bits per heavy atom. The lowest BCUT2D eigenvalue weighted by atomic mass is 9.82. The molecule has 1 atom stereocenters. The van der Waals surface area contributed by atoms with Crippen LogP contribution in [-0.4, -0.2) is 23.0 Å². The SMILES string of the molecule is CCSc1ccc(C2(C(F)(F)F)Oc3ccccc3C=C2C(=O)O)cc1. The smallest absolute Gasteiger partial charge is 0.437 e. The minimum absolute atomic E-state index is 0.0122. The standard InChI is InChI=1S/C19H15F3O3S/c1-2-26-14-9-7-13(8-10-14)18(19(20,21)22)15(17(23)24)11-12-5-3-4-6-16(12)25-18/h3-11H,2H2,1H3,(H,23,24). The first-order chi connectivity index (χ1) is 12.3. The lowest BCUT2D eigenvalue weighted by Gasteiger charge is -2.39. The number of alkyl halides is 3. The number of carboxylic acid groups (broad SMARTS) is 1. The molecule has 0 amide bonds. The first kappa shape index (κ1) is 18.4. The average Bonchev–Trinajstić information content (AvgIpc) is 2.60. The number of carboxylic acids is 1. The molecule has 2 aromatic rings. The lowest BCUT2D eigenvalue weighted by Crippen LogP contribution is -2.52. The monoisotopic (exact) mass is 380 g/mol. The van der Waals surface area contributed by atoms with Gasteiger partial charge in [-0.15, -0.1) is 11.8 Å². The number of rotatable bonds is 4. The van der Waals surface area contributed by atoms with Gasteiger partial charge in [-0.2, -0.15) is 13.2 Å². The Hall–Kier alpha value is -2.41. The summed E-state index contributed by atoms with van der Waals surface area (Å²) in [6, 6.07) is 11.7. The Bertz CT molecular complexity index is 859. The maximum absolute atomic E-state index is 14.2. The predicted molar refractivity (Wildman–Crippen MR) is 93.3 cm³/mol. The number of halogens is 3. The van der Waals surface area contributed by atoms with Crippen molar-refractivity contribution in [3.05, 3.63) is 65.2 Å². The third-order valence-electron chi connectivity index (χ3n) is 4.06. The second-order valence-corrected chi connectivity index (χ2v) is 6.98. The van der Waals surface area contributed by atoms with Crippen molar-refractivity contribution in [1.29, 1.82) is 0 Å². The Kier molecular flexibility index (Phi) is 4.75. The van der Waals surface area contributed by atoms with Crippen LogP contribution in [0.1, 0.15) is 18.1 Å². The number of ether oxygens (including phenoxy) is 1. The Balaban J connectivity index is 2.24. The van der Waals surface area contributed by atoms with E-state index in [9.17, 15) is 23.1 Å². The van der Waals surface area contributed by atoms with E-state index in [1.165, 1.54) is 36.0 Å². The van der Waals surface area contributed by atoms with Crippen molar-refractivity contribution in [2.24, 2.45) is 0 Å². The van der Waals surface area contributed by atoms with Gasteiger partial charge in [-0.1, -0.05) is 37.3 Å². The molecule has 3 rings (SSSR count). The molecular weight excluding hydrogens is 365 g/mol. The summed E-state index contributed by atoms with van der Waals surface area (Å²) < 4.78 is 48.0. The second-order valence-electron chi connectivity index (χ2n) is 5.64. The van der Waals surface area contributed by atoms with E-state index in [-0.39, 0.29) is 11.3 Å². The van der Waals surface area contributed by atoms with Crippen LogP contribution >= 0.6 is 11.8 Å². The zero-order chi connectivity index (χ0) is 18.9. The van der Waals surface area contributed by atoms with Crippen molar-refractivity contribution in [3.8, 4) is 5.75 Å². The molecule has 0 saturated carbocycles. The quantitative estimate of drug-likeness (QED) is 0.748. The van der Waals surface area contributed by atoms with Crippen LogP contribution in [0.3, 0.4) is 0 Å². The van der Waals surface area contributed by atoms with E-state index in [1.54, 1.807) is 24.3 Å². The fraction of sp³-hybridized carbons (Fsp3) is 0.211. The van der Waals surface area contributed by atoms with Gasteiger partial charge in [0.2, 0.25) is 0 Å². The molecule has 136 valence electrons. The van der Waals surface area contributed by atoms with Crippen molar-refractivity contribution < 1.29 is 27.8 Å². The molecule has 1 N–H and O–H groups in total. The van der Waals surface area contributed by atoms with Crippen LogP contribution in [0.2, 0.25) is 0 Å². The van der Waals surface area contributed by atoms with E-state index in [2.05, 4.69) is 0 Å². The molecule has 0 saturated heterocycles. The van der Waals surface area contributed by atoms with Gasteiger partial charge in [0, 0.05) is 16.0 Å². The summed E-state index contributed by atoms with van der Waals surface area (Å²) in [4.78, 5) is 12.5. The van der Waals surface area contributed by atoms with Crippen molar-refractivity contribution in [2.45, 2.75) is 23.6 Å². The number of carbonyl (C=O) groups is 1. The van der Waals surface area contributed by atoms with Crippen LogP contribution in [0.5, 0.6) is 5.75 Å². The van der Waals surface area contributed by atoms with Gasteiger partial charge in [0.05, 0.1) is 5.57 Å². The average molecular weight is 380 g/mol. The Morgan fingerprint density at radius 2 is 1.81 bits per heavy atom. The van der Waals surface area contributed by atoms with Crippen molar-refractivity contribution in [2.75, 3.05) is 5.75 Å². The van der Waals surface area contributed by atoms with Crippen molar-refractivity contribution in [1.82, 2.24) is 0 Å². The number of para-hydroxylation sites is 1. The van der Waals surface area contributed by atoms with Crippen LogP contribution in [0.15, 0.2) is 59.0 Å².